The van der Waals surface area contributed by atoms with E-state index in [2.05, 4.69) is 0 Å². The topological polar surface area (TPSA) is 22.0 Å². The fraction of sp³-hybridized carbons (Fsp3) is 0.154. The lowest BCUT2D eigenvalue weighted by Crippen LogP contribution is -2.16. The summed E-state index contributed by atoms with van der Waals surface area (Å²) < 4.78 is 1.68. The van der Waals surface area contributed by atoms with Gasteiger partial charge in [0.25, 0.3) is 5.56 Å². The van der Waals surface area contributed by atoms with E-state index in [-0.39, 0.29) is 5.56 Å². The van der Waals surface area contributed by atoms with Crippen LogP contribution in [0.4, 0.5) is 0 Å². The van der Waals surface area contributed by atoms with Gasteiger partial charge in [0, 0.05) is 22.8 Å². The summed E-state index contributed by atoms with van der Waals surface area (Å²) in [6, 6.07) is 11.4. The summed E-state index contributed by atoms with van der Waals surface area (Å²) in [6.45, 7) is 1.98. The number of aromatic nitrogens is 1. The molecule has 0 aliphatic heterocycles. The fourth-order valence-electron chi connectivity index (χ4n) is 1.56. The van der Waals surface area contributed by atoms with Crippen LogP contribution in [-0.2, 0) is 0 Å². The molecule has 1 heterocycles. The molecule has 1 aromatic heterocycles. The second-order valence-corrected chi connectivity index (χ2v) is 4.50. The molecule has 16 heavy (non-hydrogen) atoms. The van der Waals surface area contributed by atoms with Crippen LogP contribution in [0, 0.1) is 6.92 Å². The van der Waals surface area contributed by atoms with Gasteiger partial charge in [-0.2, -0.15) is 0 Å². The average molecular weight is 231 g/mol. The molecular weight excluding hydrogens is 218 g/mol. The first kappa shape index (κ1) is 11.0. The minimum atomic E-state index is 0.00357. The average Bonchev–Trinajstić information content (AvgIpc) is 2.32. The van der Waals surface area contributed by atoms with Crippen LogP contribution in [0.5, 0.6) is 0 Å². The number of aryl methyl sites for hydroxylation is 1. The highest BCUT2D eigenvalue weighted by Crippen LogP contribution is 2.17. The summed E-state index contributed by atoms with van der Waals surface area (Å²) >= 11 is 1.67. The van der Waals surface area contributed by atoms with E-state index < -0.39 is 0 Å². The number of hydrogen-bond donors (Lipinski definition) is 0. The molecule has 2 aromatic rings. The number of hydrogen-bond acceptors (Lipinski definition) is 2. The van der Waals surface area contributed by atoms with Gasteiger partial charge < -0.3 is 0 Å². The molecule has 0 atom stereocenters. The molecule has 0 saturated heterocycles. The van der Waals surface area contributed by atoms with Gasteiger partial charge >= 0.3 is 0 Å². The van der Waals surface area contributed by atoms with Crippen LogP contribution in [0.1, 0.15) is 5.56 Å². The van der Waals surface area contributed by atoms with Gasteiger partial charge in [-0.15, -0.1) is 11.8 Å². The summed E-state index contributed by atoms with van der Waals surface area (Å²) in [4.78, 5) is 12.9. The highest BCUT2D eigenvalue weighted by molar-refractivity contribution is 7.98. The number of thioether (sulfide) groups is 1. The van der Waals surface area contributed by atoms with E-state index in [0.29, 0.717) is 0 Å². The molecule has 3 heteroatoms. The summed E-state index contributed by atoms with van der Waals surface area (Å²) in [5.41, 5.74) is 2.00. The molecule has 0 aliphatic carbocycles. The van der Waals surface area contributed by atoms with Crippen LogP contribution in [0.3, 0.4) is 0 Å². The molecule has 0 amide bonds. The first-order valence-corrected chi connectivity index (χ1v) is 6.27. The van der Waals surface area contributed by atoms with Gasteiger partial charge in [-0.1, -0.05) is 12.1 Å². The van der Waals surface area contributed by atoms with Gasteiger partial charge in [0.2, 0.25) is 0 Å². The van der Waals surface area contributed by atoms with Gasteiger partial charge in [0.15, 0.2) is 0 Å². The van der Waals surface area contributed by atoms with Crippen molar-refractivity contribution in [2.75, 3.05) is 6.26 Å². The van der Waals surface area contributed by atoms with Crippen LogP contribution < -0.4 is 5.56 Å². The highest BCUT2D eigenvalue weighted by Gasteiger charge is 2.00. The molecule has 1 aromatic carbocycles. The zero-order chi connectivity index (χ0) is 11.5. The molecule has 2 nitrogen and oxygen atoms in total. The monoisotopic (exact) mass is 231 g/mol. The van der Waals surface area contributed by atoms with Crippen molar-refractivity contribution in [1.82, 2.24) is 4.57 Å². The van der Waals surface area contributed by atoms with Crippen LogP contribution in [0.25, 0.3) is 5.69 Å². The quantitative estimate of drug-likeness (QED) is 0.741. The predicted octanol–water partition coefficient (Wildman–Crippen LogP) is 2.87. The Morgan fingerprint density at radius 3 is 2.75 bits per heavy atom. The zero-order valence-corrected chi connectivity index (χ0v) is 10.1. The molecule has 0 saturated carbocycles. The number of nitrogens with zero attached hydrogens (tertiary/aromatic N) is 1. The second kappa shape index (κ2) is 4.58. The van der Waals surface area contributed by atoms with Crippen LogP contribution >= 0.6 is 11.8 Å². The summed E-state index contributed by atoms with van der Waals surface area (Å²) in [7, 11) is 0. The van der Waals surface area contributed by atoms with E-state index in [1.54, 1.807) is 22.4 Å². The molecule has 0 spiro atoms. The van der Waals surface area contributed by atoms with Crippen molar-refractivity contribution in [3.05, 3.63) is 58.5 Å². The standard InChI is InChI=1S/C13H13NOS/c1-10-6-7-13(15)14(9-10)11-4-3-5-12(8-11)16-2/h3-9H,1-2H3. The van der Waals surface area contributed by atoms with Crippen molar-refractivity contribution in [3.63, 3.8) is 0 Å². The van der Waals surface area contributed by atoms with Crippen molar-refractivity contribution in [3.8, 4) is 5.69 Å². The lowest BCUT2D eigenvalue weighted by molar-refractivity contribution is 0.971. The summed E-state index contributed by atoms with van der Waals surface area (Å²) in [6.07, 6.45) is 3.89. The first-order valence-electron chi connectivity index (χ1n) is 5.04. The Hall–Kier alpha value is -1.48. The van der Waals surface area contributed by atoms with E-state index >= 15 is 0 Å². The van der Waals surface area contributed by atoms with Gasteiger partial charge in [0.1, 0.15) is 0 Å². The second-order valence-electron chi connectivity index (χ2n) is 3.62. The van der Waals surface area contributed by atoms with Crippen molar-refractivity contribution >= 4 is 11.8 Å². The van der Waals surface area contributed by atoms with Gasteiger partial charge in [-0.25, -0.2) is 0 Å². The third-order valence-corrected chi connectivity index (χ3v) is 3.12. The number of benzene rings is 1. The molecule has 0 bridgehead atoms. The Morgan fingerprint density at radius 1 is 1.19 bits per heavy atom. The summed E-state index contributed by atoms with van der Waals surface area (Å²) in [5.74, 6) is 0. The molecule has 0 aliphatic rings. The zero-order valence-electron chi connectivity index (χ0n) is 9.31. The first-order chi connectivity index (χ1) is 7.70. The molecule has 0 N–H and O–H groups in total. The molecule has 82 valence electrons. The number of pyridine rings is 1. The minimum Gasteiger partial charge on any atom is -0.284 e. The summed E-state index contributed by atoms with van der Waals surface area (Å²) in [5, 5.41) is 0. The van der Waals surface area contributed by atoms with Gasteiger partial charge in [-0.05, 0) is 36.9 Å². The van der Waals surface area contributed by atoms with Crippen molar-refractivity contribution in [1.29, 1.82) is 0 Å². The molecule has 0 fully saturated rings. The van der Waals surface area contributed by atoms with Crippen LogP contribution in [0.15, 0.2) is 52.3 Å². The van der Waals surface area contributed by atoms with E-state index in [4.69, 9.17) is 0 Å². The maximum Gasteiger partial charge on any atom is 0.255 e. The van der Waals surface area contributed by atoms with Gasteiger partial charge in [0.05, 0.1) is 0 Å². The Bertz CT molecular complexity index is 560. The molecule has 2 rings (SSSR count). The molecule has 0 radical (unpaired) electrons. The van der Waals surface area contributed by atoms with E-state index in [1.807, 2.05) is 49.7 Å². The van der Waals surface area contributed by atoms with Crippen molar-refractivity contribution in [2.24, 2.45) is 0 Å². The number of rotatable bonds is 2. The highest BCUT2D eigenvalue weighted by atomic mass is 32.2. The lowest BCUT2D eigenvalue weighted by Gasteiger charge is -2.07. The lowest BCUT2D eigenvalue weighted by atomic mass is 10.2. The largest absolute Gasteiger partial charge is 0.284 e. The minimum absolute atomic E-state index is 0.00357. The third-order valence-electron chi connectivity index (χ3n) is 2.39. The molecule has 0 unspecified atom stereocenters. The van der Waals surface area contributed by atoms with E-state index in [9.17, 15) is 4.79 Å². The van der Waals surface area contributed by atoms with Crippen molar-refractivity contribution < 1.29 is 0 Å². The normalized spacial score (nSPS) is 10.4. The SMILES string of the molecule is CSc1cccc(-n2cc(C)ccc2=O)c1. The predicted molar refractivity (Wildman–Crippen MR) is 68.6 cm³/mol. The third kappa shape index (κ3) is 2.19. The molecular formula is C13H13NOS. The van der Waals surface area contributed by atoms with Gasteiger partial charge in [-0.3, -0.25) is 9.36 Å². The van der Waals surface area contributed by atoms with Crippen LogP contribution in [-0.4, -0.2) is 10.8 Å². The van der Waals surface area contributed by atoms with E-state index in [1.165, 1.54) is 0 Å². The fourth-order valence-corrected chi connectivity index (χ4v) is 2.01. The van der Waals surface area contributed by atoms with Crippen molar-refractivity contribution in [2.45, 2.75) is 11.8 Å². The van der Waals surface area contributed by atoms with E-state index in [0.717, 1.165) is 16.1 Å². The maximum absolute atomic E-state index is 11.7. The smallest absolute Gasteiger partial charge is 0.255 e. The van der Waals surface area contributed by atoms with Crippen LogP contribution in [0.2, 0.25) is 0 Å². The Kier molecular flexibility index (Phi) is 3.15. The Morgan fingerprint density at radius 2 is 2.00 bits per heavy atom. The Labute approximate surface area is 98.9 Å². The maximum atomic E-state index is 11.7. The Balaban J connectivity index is 2.58.